The Bertz CT molecular complexity index is 748. The summed E-state index contributed by atoms with van der Waals surface area (Å²) in [5.41, 5.74) is 2.91. The molecule has 184 valence electrons. The van der Waals surface area contributed by atoms with Gasteiger partial charge in [0.15, 0.2) is 0 Å². The second-order valence-electron chi connectivity index (χ2n) is 10.6. The average molecular weight is 657 g/mol. The quantitative estimate of drug-likeness (QED) is 0.159. The molecular weight excluding hydrogens is 607 g/mol. The van der Waals surface area contributed by atoms with E-state index in [-0.39, 0.29) is 0 Å². The summed E-state index contributed by atoms with van der Waals surface area (Å²) in [7, 11) is -2.71. The summed E-state index contributed by atoms with van der Waals surface area (Å²) in [5.74, 6) is 0. The van der Waals surface area contributed by atoms with E-state index in [1.165, 1.54) is 85.9 Å². The summed E-state index contributed by atoms with van der Waals surface area (Å²) in [4.78, 5) is 0. The monoisotopic (exact) mass is 658 g/mol. The molecule has 0 saturated heterocycles. The first kappa shape index (κ1) is 29.8. The van der Waals surface area contributed by atoms with E-state index in [1.54, 1.807) is 13.6 Å². The Morgan fingerprint density at radius 1 is 0.471 bits per heavy atom. The Hall–Kier alpha value is -0.386. The van der Waals surface area contributed by atoms with Crippen molar-refractivity contribution >= 4 is 29.8 Å². The molecule has 2 aromatic carbocycles. The minimum atomic E-state index is -1.35. The maximum atomic E-state index is 2.52. The first-order chi connectivity index (χ1) is 16.5. The molecule has 0 aliphatic rings. The first-order valence-electron chi connectivity index (χ1n) is 14.3. The van der Waals surface area contributed by atoms with Crippen LogP contribution >= 0.6 is 0 Å². The maximum absolute atomic E-state index is 2.52. The van der Waals surface area contributed by atoms with Gasteiger partial charge in [0.25, 0.3) is 0 Å². The van der Waals surface area contributed by atoms with E-state index >= 15 is 0 Å². The van der Waals surface area contributed by atoms with Crippen molar-refractivity contribution in [3.05, 3.63) is 59.7 Å². The first-order valence-corrected chi connectivity index (χ1v) is 21.3. The second-order valence-corrected chi connectivity index (χ2v) is 21.7. The number of benzene rings is 2. The van der Waals surface area contributed by atoms with Gasteiger partial charge in [-0.1, -0.05) is 0 Å². The number of rotatable bonds is 16. The fourth-order valence-electron chi connectivity index (χ4n) is 6.63. The van der Waals surface area contributed by atoms with E-state index in [0.717, 1.165) is 23.9 Å². The van der Waals surface area contributed by atoms with Crippen molar-refractivity contribution in [1.82, 2.24) is 0 Å². The van der Waals surface area contributed by atoms with Crippen molar-refractivity contribution in [3.8, 4) is 0 Å². The molecule has 2 rings (SSSR count). The van der Waals surface area contributed by atoms with Crippen molar-refractivity contribution in [3.63, 3.8) is 0 Å². The molecule has 0 amide bonds. The van der Waals surface area contributed by atoms with E-state index in [1.807, 2.05) is 0 Å². The van der Waals surface area contributed by atoms with Gasteiger partial charge in [0.2, 0.25) is 0 Å². The van der Waals surface area contributed by atoms with Crippen molar-refractivity contribution in [1.29, 1.82) is 0 Å². The van der Waals surface area contributed by atoms with Gasteiger partial charge >= 0.3 is 230 Å². The van der Waals surface area contributed by atoms with Gasteiger partial charge in [0.05, 0.1) is 0 Å². The summed E-state index contributed by atoms with van der Waals surface area (Å²) < 4.78 is 1.56. The van der Waals surface area contributed by atoms with E-state index in [2.05, 4.69) is 90.1 Å². The van der Waals surface area contributed by atoms with E-state index in [0.29, 0.717) is 0 Å². The average Bonchev–Trinajstić information content (AvgIpc) is 2.84. The Balaban J connectivity index is 2.30. The van der Waals surface area contributed by atoms with Gasteiger partial charge in [-0.05, 0) is 0 Å². The van der Waals surface area contributed by atoms with Crippen LogP contribution in [0.4, 0.5) is 0 Å². The topological polar surface area (TPSA) is 0 Å². The van der Waals surface area contributed by atoms with E-state index < -0.39 is 16.1 Å². The summed E-state index contributed by atoms with van der Waals surface area (Å²) >= 11 is 1.09. The molecule has 0 aliphatic carbocycles. The predicted molar refractivity (Wildman–Crippen MR) is 157 cm³/mol. The summed E-state index contributed by atoms with van der Waals surface area (Å²) in [6.45, 7) is 14.3. The van der Waals surface area contributed by atoms with Gasteiger partial charge in [-0.3, -0.25) is 0 Å². The zero-order valence-electron chi connectivity index (χ0n) is 23.1. The molecule has 0 saturated carbocycles. The Morgan fingerprint density at radius 3 is 0.912 bits per heavy atom. The van der Waals surface area contributed by atoms with E-state index in [4.69, 9.17) is 0 Å². The van der Waals surface area contributed by atoms with Crippen molar-refractivity contribution in [2.24, 2.45) is 0 Å². The molecule has 0 unspecified atom stereocenters. The third-order valence-corrected chi connectivity index (χ3v) is 21.9. The van der Waals surface area contributed by atoms with Crippen LogP contribution in [0.1, 0.15) is 91.2 Å². The molecule has 34 heavy (non-hydrogen) atoms. The molecule has 0 bridgehead atoms. The molecule has 2 aromatic rings. The Kier molecular flexibility index (Phi) is 13.2. The molecule has 0 spiro atoms. The Labute approximate surface area is 228 Å². The van der Waals surface area contributed by atoms with Crippen LogP contribution in [0.3, 0.4) is 0 Å². The zero-order valence-corrected chi connectivity index (χ0v) is 28.7. The molecule has 0 N–H and O–H groups in total. The predicted octanol–water partition coefficient (Wildman–Crippen LogP) is 8.57. The van der Waals surface area contributed by atoms with Crippen molar-refractivity contribution in [2.75, 3.05) is 0 Å². The summed E-state index contributed by atoms with van der Waals surface area (Å²) in [6.07, 6.45) is 7.98. The number of hydrogen-bond donors (Lipinski definition) is 0. The number of hydrogen-bond acceptors (Lipinski definition) is 0. The van der Waals surface area contributed by atoms with Gasteiger partial charge in [-0.2, -0.15) is 0 Å². The molecule has 0 aromatic heterocycles. The molecule has 0 aliphatic heterocycles. The van der Waals surface area contributed by atoms with Gasteiger partial charge in [0, 0.05) is 0 Å². The molecule has 0 radical (unpaired) electrons. The van der Waals surface area contributed by atoms with Gasteiger partial charge in [-0.25, -0.2) is 0 Å². The molecule has 3 heteroatoms. The van der Waals surface area contributed by atoms with Gasteiger partial charge < -0.3 is 0 Å². The fourth-order valence-corrected chi connectivity index (χ4v) is 18.6. The van der Waals surface area contributed by atoms with Crippen LogP contribution in [-0.4, -0.2) is 19.4 Å². The van der Waals surface area contributed by atoms with Crippen molar-refractivity contribution in [2.45, 2.75) is 116 Å². The van der Waals surface area contributed by atoms with Crippen LogP contribution in [-0.2, 0) is 23.9 Å². The van der Waals surface area contributed by atoms with Crippen LogP contribution in [0.15, 0.2) is 48.5 Å². The molecular formula is C31H50HfSi2+2. The molecule has 0 heterocycles. The zero-order chi connectivity index (χ0) is 25.0. The van der Waals surface area contributed by atoms with Crippen molar-refractivity contribution < 1.29 is 23.9 Å². The summed E-state index contributed by atoms with van der Waals surface area (Å²) in [6, 6.07) is 28.6. The fraction of sp³-hybridized carbons (Fsp3) is 0.581. The second kappa shape index (κ2) is 15.0. The van der Waals surface area contributed by atoms with Crippen LogP contribution < -0.4 is 10.4 Å². The molecule has 0 fully saturated rings. The minimum absolute atomic E-state index is 1.09. The SMILES string of the molecule is CCC[Si](CCC)(CCC)c1ccc([C](=[Hf+2])c2ccc([Si](CCC)(CCC)CCC)cc2)cc1. The third-order valence-electron chi connectivity index (χ3n) is 7.94. The normalized spacial score (nSPS) is 12.2. The molecule has 0 nitrogen and oxygen atoms in total. The third kappa shape index (κ3) is 7.32. The van der Waals surface area contributed by atoms with Crippen LogP contribution in [0.25, 0.3) is 0 Å². The Morgan fingerprint density at radius 2 is 0.706 bits per heavy atom. The molecule has 0 atom stereocenters. The van der Waals surface area contributed by atoms with Crippen LogP contribution in [0, 0.1) is 0 Å². The van der Waals surface area contributed by atoms with Crippen LogP contribution in [0.2, 0.25) is 36.3 Å². The van der Waals surface area contributed by atoms with E-state index in [9.17, 15) is 0 Å². The van der Waals surface area contributed by atoms with Crippen LogP contribution in [0.5, 0.6) is 0 Å². The summed E-state index contributed by atoms with van der Waals surface area (Å²) in [5, 5.41) is 3.42. The standard InChI is InChI=1S/C31H50Si2.Hf/c1-7-21-32(22-8-2,23-9-3)30-17-13-28(14-18-30)27-29-15-19-31(20-16-29)33(24-10-4,25-11-5)26-12-6;/h13-20H,7-12,21-26H2,1-6H3;/q;+2. The van der Waals surface area contributed by atoms with Gasteiger partial charge in [-0.15, -0.1) is 0 Å². The van der Waals surface area contributed by atoms with Gasteiger partial charge in [0.1, 0.15) is 0 Å².